The summed E-state index contributed by atoms with van der Waals surface area (Å²) in [4.78, 5) is 0. The van der Waals surface area contributed by atoms with Crippen molar-refractivity contribution in [3.8, 4) is 6.07 Å². The fourth-order valence-electron chi connectivity index (χ4n) is 2.53. The zero-order chi connectivity index (χ0) is 13.6. The molecule has 96 valence electrons. The van der Waals surface area contributed by atoms with E-state index in [9.17, 15) is 18.8 Å². The van der Waals surface area contributed by atoms with E-state index in [0.717, 1.165) is 6.26 Å². The van der Waals surface area contributed by atoms with E-state index in [1.54, 1.807) is 24.3 Å². The summed E-state index contributed by atoms with van der Waals surface area (Å²) in [6, 6.07) is 8.64. The van der Waals surface area contributed by atoms with Crippen molar-refractivity contribution in [3.63, 3.8) is 0 Å². The van der Waals surface area contributed by atoms with Gasteiger partial charge in [-0.25, -0.2) is 8.42 Å². The lowest BCUT2D eigenvalue weighted by molar-refractivity contribution is 0.242. The summed E-state index contributed by atoms with van der Waals surface area (Å²) in [5.74, 6) is -0.486. The van der Waals surface area contributed by atoms with E-state index in [-0.39, 0.29) is 0 Å². The fraction of sp³-hybridized carbons (Fsp3) is 0.417. The molecule has 4 nitrogen and oxygen atoms in total. The van der Waals surface area contributed by atoms with Crippen molar-refractivity contribution in [3.05, 3.63) is 34.9 Å². The topological polar surface area (TPSA) is 78.2 Å². The Morgan fingerprint density at radius 2 is 2.00 bits per heavy atom. The van der Waals surface area contributed by atoms with Crippen molar-refractivity contribution in [1.82, 2.24) is 0 Å². The molecule has 0 aromatic heterocycles. The molecule has 6 heteroatoms. The Balaban J connectivity index is 2.46. The summed E-state index contributed by atoms with van der Waals surface area (Å²) < 4.78 is 23.4. The molecule has 2 rings (SSSR count). The van der Waals surface area contributed by atoms with Gasteiger partial charge in [0.2, 0.25) is 0 Å². The van der Waals surface area contributed by atoms with Gasteiger partial charge in [-0.05, 0) is 17.7 Å². The Bertz CT molecular complexity index is 605. The van der Waals surface area contributed by atoms with Crippen LogP contribution in [-0.4, -0.2) is 31.6 Å². The van der Waals surface area contributed by atoms with Crippen LogP contribution in [0.2, 0.25) is 5.02 Å². The Kier molecular flexibility index (Phi) is 3.14. The molecule has 0 heterocycles. The van der Waals surface area contributed by atoms with Crippen LogP contribution in [0.1, 0.15) is 11.5 Å². The first kappa shape index (κ1) is 13.3. The quantitative estimate of drug-likeness (QED) is 0.909. The number of hydrogen-bond donors (Lipinski definition) is 1. The molecule has 0 radical (unpaired) electrons. The van der Waals surface area contributed by atoms with Crippen molar-refractivity contribution < 1.29 is 13.5 Å². The molecule has 18 heavy (non-hydrogen) atoms. The second kappa shape index (κ2) is 4.23. The average Bonchev–Trinajstić information content (AvgIpc) is 3.00. The fourth-order valence-corrected chi connectivity index (χ4v) is 4.51. The maximum absolute atomic E-state index is 11.7. The number of hydrogen-bond acceptors (Lipinski definition) is 4. The molecule has 1 aromatic carbocycles. The predicted octanol–water partition coefficient (Wildman–Crippen LogP) is 1.35. The normalized spacial score (nSPS) is 30.8. The monoisotopic (exact) mass is 285 g/mol. The van der Waals surface area contributed by atoms with Crippen LogP contribution >= 0.6 is 11.6 Å². The first-order valence-electron chi connectivity index (χ1n) is 5.33. The van der Waals surface area contributed by atoms with Gasteiger partial charge >= 0.3 is 0 Å². The third-order valence-electron chi connectivity index (χ3n) is 3.42. The molecule has 0 saturated heterocycles. The van der Waals surface area contributed by atoms with Gasteiger partial charge in [0.1, 0.15) is 5.41 Å². The molecule has 1 aliphatic carbocycles. The summed E-state index contributed by atoms with van der Waals surface area (Å²) >= 11 is 5.77. The van der Waals surface area contributed by atoms with Gasteiger partial charge in [-0.15, -0.1) is 0 Å². The van der Waals surface area contributed by atoms with Gasteiger partial charge in [-0.2, -0.15) is 5.26 Å². The van der Waals surface area contributed by atoms with E-state index in [0.29, 0.717) is 10.6 Å². The predicted molar refractivity (Wildman–Crippen MR) is 68.0 cm³/mol. The minimum atomic E-state index is -3.38. The van der Waals surface area contributed by atoms with E-state index in [1.807, 2.05) is 6.07 Å². The van der Waals surface area contributed by atoms with Crippen LogP contribution in [-0.2, 0) is 9.84 Å². The maximum atomic E-state index is 11.7. The summed E-state index contributed by atoms with van der Waals surface area (Å²) in [7, 11) is -3.38. The van der Waals surface area contributed by atoms with Crippen LogP contribution < -0.4 is 0 Å². The lowest BCUT2D eigenvalue weighted by Gasteiger charge is -2.03. The molecule has 1 aliphatic rings. The van der Waals surface area contributed by atoms with E-state index in [1.165, 1.54) is 0 Å². The molecule has 0 spiro atoms. The highest BCUT2D eigenvalue weighted by molar-refractivity contribution is 7.91. The van der Waals surface area contributed by atoms with Crippen LogP contribution in [0.5, 0.6) is 0 Å². The first-order valence-corrected chi connectivity index (χ1v) is 7.66. The van der Waals surface area contributed by atoms with Crippen molar-refractivity contribution in [2.75, 3.05) is 12.9 Å². The second-order valence-electron chi connectivity index (χ2n) is 4.59. The third kappa shape index (κ3) is 1.91. The number of aliphatic hydroxyl groups excluding tert-OH is 1. The van der Waals surface area contributed by atoms with Gasteiger partial charge in [0, 0.05) is 17.2 Å². The van der Waals surface area contributed by atoms with Gasteiger partial charge in [0.15, 0.2) is 9.84 Å². The Morgan fingerprint density at radius 1 is 1.44 bits per heavy atom. The molecule has 1 saturated carbocycles. The van der Waals surface area contributed by atoms with Gasteiger partial charge in [-0.1, -0.05) is 23.7 Å². The van der Waals surface area contributed by atoms with Crippen molar-refractivity contribution in [2.45, 2.75) is 11.2 Å². The third-order valence-corrected chi connectivity index (χ3v) is 5.28. The number of halogens is 1. The van der Waals surface area contributed by atoms with E-state index >= 15 is 0 Å². The Morgan fingerprint density at radius 3 is 2.33 bits per heavy atom. The highest BCUT2D eigenvalue weighted by Gasteiger charge is 2.70. The zero-order valence-corrected chi connectivity index (χ0v) is 11.2. The minimum absolute atomic E-state index is 0.464. The summed E-state index contributed by atoms with van der Waals surface area (Å²) in [6.07, 6.45) is 1.09. The van der Waals surface area contributed by atoms with Gasteiger partial charge < -0.3 is 5.11 Å². The number of nitrogens with zero attached hydrogens (tertiary/aromatic N) is 1. The number of rotatable bonds is 3. The molecule has 0 amide bonds. The smallest absolute Gasteiger partial charge is 0.152 e. The molecule has 1 fully saturated rings. The Hall–Kier alpha value is -1.09. The van der Waals surface area contributed by atoms with Crippen LogP contribution in [0.4, 0.5) is 0 Å². The van der Waals surface area contributed by atoms with E-state index in [4.69, 9.17) is 11.6 Å². The number of benzene rings is 1. The summed E-state index contributed by atoms with van der Waals surface area (Å²) in [5, 5.41) is 18.2. The summed E-state index contributed by atoms with van der Waals surface area (Å²) in [5.41, 5.74) is -0.507. The van der Waals surface area contributed by atoms with Crippen molar-refractivity contribution >= 4 is 21.4 Å². The molecular formula is C12H12ClNO3S. The molecular weight excluding hydrogens is 274 g/mol. The minimum Gasteiger partial charge on any atom is -0.395 e. The van der Waals surface area contributed by atoms with Crippen LogP contribution in [0.15, 0.2) is 24.3 Å². The lowest BCUT2D eigenvalue weighted by atomic mass is 10.0. The average molecular weight is 286 g/mol. The van der Waals surface area contributed by atoms with Crippen LogP contribution in [0.25, 0.3) is 0 Å². The molecule has 1 aromatic rings. The largest absolute Gasteiger partial charge is 0.395 e. The second-order valence-corrected chi connectivity index (χ2v) is 7.19. The molecule has 0 bridgehead atoms. The van der Waals surface area contributed by atoms with Crippen molar-refractivity contribution in [2.24, 2.45) is 5.41 Å². The summed E-state index contributed by atoms with van der Waals surface area (Å²) in [6.45, 7) is -0.464. The Labute approximate surface area is 111 Å². The van der Waals surface area contributed by atoms with E-state index in [2.05, 4.69) is 0 Å². The highest BCUT2D eigenvalue weighted by atomic mass is 35.5. The van der Waals surface area contributed by atoms with Crippen LogP contribution in [0, 0.1) is 16.7 Å². The van der Waals surface area contributed by atoms with Gasteiger partial charge in [0.25, 0.3) is 0 Å². The van der Waals surface area contributed by atoms with Gasteiger partial charge in [-0.3, -0.25) is 0 Å². The van der Waals surface area contributed by atoms with Gasteiger partial charge in [0.05, 0.1) is 17.9 Å². The lowest BCUT2D eigenvalue weighted by Crippen LogP contribution is -2.16. The number of aliphatic hydroxyl groups is 1. The number of nitriles is 1. The molecule has 1 N–H and O–H groups in total. The zero-order valence-electron chi connectivity index (χ0n) is 9.67. The highest BCUT2D eigenvalue weighted by Crippen LogP contribution is 2.62. The first-order chi connectivity index (χ1) is 8.36. The maximum Gasteiger partial charge on any atom is 0.152 e. The molecule has 0 unspecified atom stereocenters. The van der Waals surface area contributed by atoms with E-state index < -0.39 is 33.0 Å². The van der Waals surface area contributed by atoms with Crippen molar-refractivity contribution in [1.29, 1.82) is 5.26 Å². The standard InChI is InChI=1S/C12H12ClNO3S/c1-18(16,17)11-10(12(11,6-14)7-15)8-2-4-9(13)5-3-8/h2-5,10-11,15H,7H2,1H3/t10-,11+,12-/m1/s1. The van der Waals surface area contributed by atoms with Crippen LogP contribution in [0.3, 0.4) is 0 Å². The molecule has 0 aliphatic heterocycles. The number of sulfone groups is 1. The SMILES string of the molecule is CS(=O)(=O)[C@H]1[C@@H](c2ccc(Cl)cc2)[C@@]1(C#N)CO. The molecule has 3 atom stereocenters.